The average molecular weight is 233 g/mol. The Labute approximate surface area is 101 Å². The van der Waals surface area contributed by atoms with Crippen molar-refractivity contribution in [2.45, 2.75) is 45.6 Å². The van der Waals surface area contributed by atoms with E-state index in [2.05, 4.69) is 6.92 Å². The van der Waals surface area contributed by atoms with Gasteiger partial charge in [-0.1, -0.05) is 13.0 Å². The fraction of sp³-hybridized carbons (Fsp3) is 0.571. The number of carbonyl (C=O) groups is 1. The van der Waals surface area contributed by atoms with Crippen LogP contribution < -0.4 is 5.56 Å². The summed E-state index contributed by atoms with van der Waals surface area (Å²) < 4.78 is 1.80. The molecule has 1 saturated carbocycles. The molecule has 1 aromatic heterocycles. The van der Waals surface area contributed by atoms with Crippen LogP contribution in [0.4, 0.5) is 0 Å². The molecule has 0 unspecified atom stereocenters. The fourth-order valence-corrected chi connectivity index (χ4v) is 2.39. The maximum Gasteiger partial charge on any atom is 0.250 e. The Balaban J connectivity index is 2.07. The average Bonchev–Trinajstić information content (AvgIpc) is 2.35. The van der Waals surface area contributed by atoms with E-state index < -0.39 is 0 Å². The molecule has 1 aliphatic carbocycles. The molecule has 3 heteroatoms. The molecule has 1 aliphatic rings. The number of ketones is 1. The lowest BCUT2D eigenvalue weighted by atomic mass is 9.88. The van der Waals surface area contributed by atoms with E-state index in [1.807, 2.05) is 12.3 Å². The monoisotopic (exact) mass is 233 g/mol. The van der Waals surface area contributed by atoms with E-state index in [1.54, 1.807) is 10.6 Å². The zero-order chi connectivity index (χ0) is 12.3. The maximum absolute atomic E-state index is 11.7. The molecule has 2 rings (SSSR count). The summed E-state index contributed by atoms with van der Waals surface area (Å²) in [6.07, 6.45) is 6.14. The molecule has 0 aromatic carbocycles. The minimum atomic E-state index is 0.0686. The number of hydrogen-bond donors (Lipinski definition) is 0. The number of pyridine rings is 1. The first-order valence-corrected chi connectivity index (χ1v) is 6.40. The van der Waals surface area contributed by atoms with Gasteiger partial charge in [-0.25, -0.2) is 0 Å². The number of carbonyl (C=O) groups excluding carboxylic acids is 1. The van der Waals surface area contributed by atoms with Gasteiger partial charge in [0, 0.05) is 31.6 Å². The summed E-state index contributed by atoms with van der Waals surface area (Å²) in [5.41, 5.74) is 1.26. The topological polar surface area (TPSA) is 39.1 Å². The summed E-state index contributed by atoms with van der Waals surface area (Å²) in [4.78, 5) is 22.9. The van der Waals surface area contributed by atoms with Crippen LogP contribution in [0.25, 0.3) is 0 Å². The van der Waals surface area contributed by atoms with E-state index in [4.69, 9.17) is 0 Å². The summed E-state index contributed by atoms with van der Waals surface area (Å²) >= 11 is 0. The molecule has 3 nitrogen and oxygen atoms in total. The molecule has 1 fully saturated rings. The van der Waals surface area contributed by atoms with E-state index in [1.165, 1.54) is 5.56 Å². The molecule has 0 N–H and O–H groups in total. The second-order valence-electron chi connectivity index (χ2n) is 4.86. The van der Waals surface area contributed by atoms with Crippen LogP contribution in [0.5, 0.6) is 0 Å². The first-order chi connectivity index (χ1) is 8.19. The molecule has 0 bridgehead atoms. The number of hydrogen-bond acceptors (Lipinski definition) is 2. The van der Waals surface area contributed by atoms with Crippen LogP contribution in [0, 0.1) is 5.92 Å². The lowest BCUT2D eigenvalue weighted by Gasteiger charge is -2.21. The van der Waals surface area contributed by atoms with E-state index in [0.29, 0.717) is 24.5 Å². The van der Waals surface area contributed by atoms with Gasteiger partial charge in [0.2, 0.25) is 0 Å². The number of rotatable bonds is 3. The Morgan fingerprint density at radius 3 is 2.59 bits per heavy atom. The van der Waals surface area contributed by atoms with Crippen molar-refractivity contribution in [3.63, 3.8) is 0 Å². The Hall–Kier alpha value is -1.38. The lowest BCUT2D eigenvalue weighted by Crippen LogP contribution is -2.26. The first kappa shape index (κ1) is 12.1. The third-order valence-electron chi connectivity index (χ3n) is 3.57. The van der Waals surface area contributed by atoms with Crippen LogP contribution in [0.15, 0.2) is 23.1 Å². The van der Waals surface area contributed by atoms with Crippen LogP contribution >= 0.6 is 0 Å². The molecule has 1 heterocycles. The second kappa shape index (κ2) is 5.30. The van der Waals surface area contributed by atoms with Gasteiger partial charge in [-0.3, -0.25) is 9.59 Å². The standard InChI is InChI=1S/C14H19NO2/c1-2-11-5-8-14(17)15(9-11)10-12-3-6-13(16)7-4-12/h5,8-9,12H,2-4,6-7,10H2,1H3. The van der Waals surface area contributed by atoms with Gasteiger partial charge in [-0.15, -0.1) is 0 Å². The van der Waals surface area contributed by atoms with Crippen molar-refractivity contribution >= 4 is 5.78 Å². The first-order valence-electron chi connectivity index (χ1n) is 6.40. The minimum absolute atomic E-state index is 0.0686. The molecule has 0 spiro atoms. The van der Waals surface area contributed by atoms with E-state index in [9.17, 15) is 9.59 Å². The molecule has 0 saturated heterocycles. The molecular formula is C14H19NO2. The molecule has 0 atom stereocenters. The van der Waals surface area contributed by atoms with Crippen LogP contribution in [-0.4, -0.2) is 10.4 Å². The molecule has 1 aromatic rings. The highest BCUT2D eigenvalue weighted by molar-refractivity contribution is 5.78. The quantitative estimate of drug-likeness (QED) is 0.802. The molecule has 0 radical (unpaired) electrons. The number of aromatic nitrogens is 1. The summed E-state index contributed by atoms with van der Waals surface area (Å²) in [6.45, 7) is 2.85. The van der Waals surface area contributed by atoms with Gasteiger partial charge in [0.15, 0.2) is 0 Å². The van der Waals surface area contributed by atoms with Crippen molar-refractivity contribution in [2.24, 2.45) is 5.92 Å². The van der Waals surface area contributed by atoms with E-state index in [-0.39, 0.29) is 5.56 Å². The Kier molecular flexibility index (Phi) is 3.77. The predicted molar refractivity (Wildman–Crippen MR) is 67.0 cm³/mol. The highest BCUT2D eigenvalue weighted by Gasteiger charge is 2.19. The zero-order valence-corrected chi connectivity index (χ0v) is 10.3. The van der Waals surface area contributed by atoms with E-state index >= 15 is 0 Å². The van der Waals surface area contributed by atoms with Gasteiger partial charge in [0.05, 0.1) is 0 Å². The third kappa shape index (κ3) is 3.05. The molecular weight excluding hydrogens is 214 g/mol. The summed E-state index contributed by atoms with van der Waals surface area (Å²) in [7, 11) is 0. The summed E-state index contributed by atoms with van der Waals surface area (Å²) in [6, 6.07) is 3.54. The predicted octanol–water partition coefficient (Wildman–Crippen LogP) is 2.17. The Morgan fingerprint density at radius 1 is 1.24 bits per heavy atom. The van der Waals surface area contributed by atoms with Gasteiger partial charge in [0.1, 0.15) is 5.78 Å². The normalized spacial score (nSPS) is 17.4. The Bertz CT molecular complexity index is 452. The molecule has 0 amide bonds. The maximum atomic E-state index is 11.7. The fourth-order valence-electron chi connectivity index (χ4n) is 2.39. The minimum Gasteiger partial charge on any atom is -0.315 e. The number of aryl methyl sites for hydroxylation is 1. The van der Waals surface area contributed by atoms with Gasteiger partial charge in [-0.2, -0.15) is 0 Å². The summed E-state index contributed by atoms with van der Waals surface area (Å²) in [5, 5.41) is 0. The highest BCUT2D eigenvalue weighted by Crippen LogP contribution is 2.22. The third-order valence-corrected chi connectivity index (χ3v) is 3.57. The lowest BCUT2D eigenvalue weighted by molar-refractivity contribution is -0.121. The number of nitrogens with zero attached hydrogens (tertiary/aromatic N) is 1. The van der Waals surface area contributed by atoms with Gasteiger partial charge >= 0.3 is 0 Å². The van der Waals surface area contributed by atoms with E-state index in [0.717, 1.165) is 25.8 Å². The van der Waals surface area contributed by atoms with Crippen molar-refractivity contribution < 1.29 is 4.79 Å². The Morgan fingerprint density at radius 2 is 1.94 bits per heavy atom. The van der Waals surface area contributed by atoms with Gasteiger partial charge in [0.25, 0.3) is 5.56 Å². The van der Waals surface area contributed by atoms with Gasteiger partial charge in [-0.05, 0) is 30.7 Å². The molecule has 17 heavy (non-hydrogen) atoms. The van der Waals surface area contributed by atoms with Crippen molar-refractivity contribution in [3.05, 3.63) is 34.2 Å². The summed E-state index contributed by atoms with van der Waals surface area (Å²) in [5.74, 6) is 0.855. The zero-order valence-electron chi connectivity index (χ0n) is 10.3. The van der Waals surface area contributed by atoms with Crippen molar-refractivity contribution in [1.29, 1.82) is 0 Å². The highest BCUT2D eigenvalue weighted by atomic mass is 16.1. The van der Waals surface area contributed by atoms with Crippen molar-refractivity contribution in [2.75, 3.05) is 0 Å². The van der Waals surface area contributed by atoms with Crippen LogP contribution in [0.2, 0.25) is 0 Å². The van der Waals surface area contributed by atoms with Gasteiger partial charge < -0.3 is 4.57 Å². The van der Waals surface area contributed by atoms with Crippen molar-refractivity contribution in [1.82, 2.24) is 4.57 Å². The SMILES string of the molecule is CCc1ccc(=O)n(CC2CCC(=O)CC2)c1. The second-order valence-corrected chi connectivity index (χ2v) is 4.86. The van der Waals surface area contributed by atoms with Crippen LogP contribution in [-0.2, 0) is 17.8 Å². The molecule has 92 valence electrons. The molecule has 0 aliphatic heterocycles. The van der Waals surface area contributed by atoms with Crippen LogP contribution in [0.1, 0.15) is 38.2 Å². The van der Waals surface area contributed by atoms with Crippen LogP contribution in [0.3, 0.4) is 0 Å². The van der Waals surface area contributed by atoms with Crippen molar-refractivity contribution in [3.8, 4) is 0 Å². The largest absolute Gasteiger partial charge is 0.315 e. The smallest absolute Gasteiger partial charge is 0.250 e. The number of Topliss-reactive ketones (excluding diaryl/α,β-unsaturated/α-hetero) is 1.